The van der Waals surface area contributed by atoms with Gasteiger partial charge in [0.25, 0.3) is 0 Å². The molecule has 8 heterocycles. The summed E-state index contributed by atoms with van der Waals surface area (Å²) in [4.78, 5) is 24.2. The van der Waals surface area contributed by atoms with Crippen LogP contribution < -0.4 is 10.6 Å². The number of unbranched alkanes of at least 4 members (excludes halogenated alkanes) is 2. The highest BCUT2D eigenvalue weighted by Crippen LogP contribution is 2.62. The van der Waals surface area contributed by atoms with Gasteiger partial charge in [-0.25, -0.2) is 19.6 Å². The van der Waals surface area contributed by atoms with Crippen LogP contribution in [0.25, 0.3) is 0 Å². The number of rotatable bonds is 12. The third kappa shape index (κ3) is 11.3. The fourth-order valence-electron chi connectivity index (χ4n) is 12.2. The molecule has 2 saturated carbocycles. The van der Waals surface area contributed by atoms with Crippen molar-refractivity contribution < 1.29 is 65.0 Å². The van der Waals surface area contributed by atoms with Gasteiger partial charge in [0, 0.05) is 46.9 Å². The maximum absolute atomic E-state index is 8.52. The molecule has 4 bridgehead atoms. The largest absolute Gasteiger partial charge is 0.759 e. The second-order valence-electron chi connectivity index (χ2n) is 22.4. The van der Waals surface area contributed by atoms with Gasteiger partial charge in [-0.05, 0) is 115 Å². The van der Waals surface area contributed by atoms with Crippen LogP contribution in [-0.4, -0.2) is 143 Å². The predicted molar refractivity (Wildman–Crippen MR) is 224 cm³/mol. The van der Waals surface area contributed by atoms with E-state index in [9.17, 15) is 0 Å². The third-order valence-electron chi connectivity index (χ3n) is 15.5. The van der Waals surface area contributed by atoms with Crippen molar-refractivity contribution in [1.29, 1.82) is 0 Å². The van der Waals surface area contributed by atoms with Crippen LogP contribution in [-0.2, 0) is 48.9 Å². The lowest BCUT2D eigenvalue weighted by Gasteiger charge is -2.60. The van der Waals surface area contributed by atoms with Gasteiger partial charge in [0.15, 0.2) is 23.8 Å². The number of fused-ring (bicyclic) bond motifs is 4. The number of nitrogens with one attached hydrogen (secondary N) is 2. The van der Waals surface area contributed by atoms with Crippen molar-refractivity contribution in [1.82, 2.24) is 10.6 Å². The molecule has 2 unspecified atom stereocenters. The molecular formula is C44H82N4O12S. The highest BCUT2D eigenvalue weighted by Gasteiger charge is 2.70. The van der Waals surface area contributed by atoms with E-state index in [2.05, 4.69) is 80.6 Å². The molecule has 10 fully saturated rings. The lowest BCUT2D eigenvalue weighted by molar-refractivity contribution is -0.870. The van der Waals surface area contributed by atoms with Crippen LogP contribution in [0, 0.1) is 47.3 Å². The van der Waals surface area contributed by atoms with Gasteiger partial charge >= 0.3 is 0 Å². The van der Waals surface area contributed by atoms with Gasteiger partial charge in [0.1, 0.15) is 12.5 Å². The quantitative estimate of drug-likeness (QED) is 0.0859. The molecule has 0 radical (unpaired) electrons. The predicted octanol–water partition coefficient (Wildman–Crippen LogP) is 5.20. The summed E-state index contributed by atoms with van der Waals surface area (Å²) >= 11 is 0. The van der Waals surface area contributed by atoms with E-state index in [1.807, 2.05) is 13.8 Å². The third-order valence-corrected chi connectivity index (χ3v) is 15.5. The van der Waals surface area contributed by atoms with Crippen LogP contribution in [0.3, 0.4) is 0 Å². The molecule has 8 aliphatic heterocycles. The summed E-state index contributed by atoms with van der Waals surface area (Å²) in [6.07, 6.45) is 12.9. The average molecular weight is 891 g/mol. The first-order chi connectivity index (χ1) is 28.3. The fourth-order valence-corrected chi connectivity index (χ4v) is 12.2. The van der Waals surface area contributed by atoms with E-state index in [1.54, 1.807) is 0 Å². The topological polar surface area (TPSA) is 178 Å². The molecule has 10 rings (SSSR count). The molecule has 10 aliphatic rings. The zero-order chi connectivity index (χ0) is 44.8. The molecule has 8 saturated heterocycles. The number of quaternary nitrogens is 2. The summed E-state index contributed by atoms with van der Waals surface area (Å²) in [7, 11) is 8.34. The SMILES string of the molecule is C[C@@H]1CC[C@H]2[C@@H](C)C(NCCCC[N+](C)(C)C)O[C@@H]3O[C@]4(C)CC[C@@H]1[C@]32OO4.C[C@@H]1CC[C@H]2[C@@H](C)C(NCCCC[N+](C)(C)C)O[C@@H]3O[C@]4(C)CC[C@@H]1[C@]32OO4.O=S(=O)([O-])[O-]. The van der Waals surface area contributed by atoms with E-state index < -0.39 is 33.2 Å². The molecule has 2 spiro atoms. The molecule has 0 aromatic heterocycles. The molecule has 0 aromatic carbocycles. The van der Waals surface area contributed by atoms with Crippen LogP contribution >= 0.6 is 0 Å². The molecule has 0 aromatic rings. The van der Waals surface area contributed by atoms with E-state index in [0.717, 1.165) is 60.6 Å². The summed E-state index contributed by atoms with van der Waals surface area (Å²) in [6.45, 7) is 17.7. The molecule has 2 N–H and O–H groups in total. The van der Waals surface area contributed by atoms with Gasteiger partial charge in [-0.3, -0.25) is 19.1 Å². The van der Waals surface area contributed by atoms with Crippen molar-refractivity contribution in [3.05, 3.63) is 0 Å². The van der Waals surface area contributed by atoms with Crippen LogP contribution in [0.1, 0.15) is 119 Å². The highest BCUT2D eigenvalue weighted by molar-refractivity contribution is 7.79. The van der Waals surface area contributed by atoms with Crippen molar-refractivity contribution in [2.75, 3.05) is 68.5 Å². The standard InChI is InChI=1S/2C22H41N2O4.H2O4S/c2*1-15-9-10-18-16(2)19(23-13-7-8-14-24(4,5)6)25-20-22(18)17(15)11-12-21(3,26-20)27-28-22;1-5(2,3)4/h2*15-20,23H,7-14H2,1-6H3;(H2,1,2,3,4)/q2*+1;/p-2/t2*15-,16-,17+,18+,19?,20-,21+,22-;/m11./s1. The van der Waals surface area contributed by atoms with Gasteiger partial charge in [-0.15, -0.1) is 0 Å². The Bertz CT molecular complexity index is 1460. The Labute approximate surface area is 367 Å². The molecule has 356 valence electrons. The number of nitrogens with zero attached hydrogens (tertiary/aromatic N) is 2. The minimum atomic E-state index is -5.17. The molecule has 16 nitrogen and oxygen atoms in total. The maximum atomic E-state index is 8.52. The zero-order valence-electron chi connectivity index (χ0n) is 39.4. The van der Waals surface area contributed by atoms with E-state index >= 15 is 0 Å². The van der Waals surface area contributed by atoms with Crippen molar-refractivity contribution in [2.24, 2.45) is 47.3 Å². The normalized spacial score (nSPS) is 45.2. The van der Waals surface area contributed by atoms with Gasteiger partial charge < -0.3 is 37.0 Å². The van der Waals surface area contributed by atoms with Crippen molar-refractivity contribution in [2.45, 2.75) is 166 Å². The van der Waals surface area contributed by atoms with Crippen LogP contribution in [0.4, 0.5) is 0 Å². The van der Waals surface area contributed by atoms with E-state index in [0.29, 0.717) is 47.3 Å². The molecular weight excluding hydrogens is 809 g/mol. The molecule has 16 atom stereocenters. The van der Waals surface area contributed by atoms with Crippen LogP contribution in [0.2, 0.25) is 0 Å². The highest BCUT2D eigenvalue weighted by atomic mass is 32.3. The van der Waals surface area contributed by atoms with E-state index in [-0.39, 0.29) is 25.0 Å². The molecule has 0 amide bonds. The van der Waals surface area contributed by atoms with Crippen LogP contribution in [0.5, 0.6) is 0 Å². The lowest BCUT2D eigenvalue weighted by atomic mass is 9.58. The van der Waals surface area contributed by atoms with Gasteiger partial charge in [0.2, 0.25) is 11.6 Å². The summed E-state index contributed by atoms with van der Waals surface area (Å²) in [5.41, 5.74) is -0.899. The molecule has 2 aliphatic carbocycles. The fraction of sp³-hybridized carbons (Fsp3) is 1.00. The van der Waals surface area contributed by atoms with Gasteiger partial charge in [-0.1, -0.05) is 27.7 Å². The minimum Gasteiger partial charge on any atom is -0.759 e. The first kappa shape index (κ1) is 49.8. The van der Waals surface area contributed by atoms with Gasteiger partial charge in [-0.2, -0.15) is 0 Å². The van der Waals surface area contributed by atoms with Crippen molar-refractivity contribution >= 4 is 10.4 Å². The van der Waals surface area contributed by atoms with Gasteiger partial charge in [0.05, 0.1) is 55.4 Å². The second kappa shape index (κ2) is 18.9. The Morgan fingerprint density at radius 3 is 1.26 bits per heavy atom. The van der Waals surface area contributed by atoms with Crippen LogP contribution in [0.15, 0.2) is 0 Å². The number of ether oxygens (including phenoxy) is 4. The maximum Gasteiger partial charge on any atom is 0.201 e. The first-order valence-electron chi connectivity index (χ1n) is 23.4. The summed E-state index contributed by atoms with van der Waals surface area (Å²) in [5.74, 6) is 2.28. The summed E-state index contributed by atoms with van der Waals surface area (Å²) < 4.78 is 62.1. The summed E-state index contributed by atoms with van der Waals surface area (Å²) in [5, 5.41) is 7.38. The zero-order valence-corrected chi connectivity index (χ0v) is 40.3. The number of hydrogen-bond donors (Lipinski definition) is 2. The lowest BCUT2D eigenvalue weighted by Crippen LogP contribution is -2.71. The molecule has 17 heteroatoms. The van der Waals surface area contributed by atoms with E-state index in [1.165, 1.54) is 51.6 Å². The second-order valence-corrected chi connectivity index (χ2v) is 23.2. The molecule has 61 heavy (non-hydrogen) atoms. The van der Waals surface area contributed by atoms with Crippen molar-refractivity contribution in [3.8, 4) is 0 Å². The first-order valence-corrected chi connectivity index (χ1v) is 24.8. The Morgan fingerprint density at radius 1 is 0.557 bits per heavy atom. The Hall–Kier alpha value is -0.610. The Kier molecular flexibility index (Phi) is 15.5. The Morgan fingerprint density at radius 2 is 0.918 bits per heavy atom. The Balaban J connectivity index is 0.000000184. The van der Waals surface area contributed by atoms with E-state index in [4.69, 9.17) is 56.0 Å². The minimum absolute atomic E-state index is 0.0188. The smallest absolute Gasteiger partial charge is 0.201 e. The average Bonchev–Trinajstić information content (AvgIpc) is 3.52. The number of hydrogen-bond acceptors (Lipinski definition) is 14. The van der Waals surface area contributed by atoms with Crippen molar-refractivity contribution in [3.63, 3.8) is 0 Å². The summed E-state index contributed by atoms with van der Waals surface area (Å²) in [6, 6.07) is 0. The monoisotopic (exact) mass is 891 g/mol.